The van der Waals surface area contributed by atoms with Crippen LogP contribution in [0.1, 0.15) is 28.0 Å². The summed E-state index contributed by atoms with van der Waals surface area (Å²) in [6, 6.07) is 7.53. The lowest BCUT2D eigenvalue weighted by Crippen LogP contribution is -2.22. The lowest BCUT2D eigenvalue weighted by atomic mass is 10.1. The summed E-state index contributed by atoms with van der Waals surface area (Å²) < 4.78 is 5.10. The molecule has 0 fully saturated rings. The molecule has 0 saturated heterocycles. The van der Waals surface area contributed by atoms with Crippen molar-refractivity contribution in [3.63, 3.8) is 0 Å². The molecule has 0 bridgehead atoms. The Balaban J connectivity index is 1.45. The average Bonchev–Trinajstić information content (AvgIpc) is 3.27. The molecule has 3 aromatic rings. The molecule has 4 rings (SSSR count). The van der Waals surface area contributed by atoms with Gasteiger partial charge in [-0.1, -0.05) is 29.4 Å². The fraction of sp³-hybridized carbons (Fsp3) is 0.118. The van der Waals surface area contributed by atoms with Crippen molar-refractivity contribution in [1.82, 2.24) is 20.4 Å². The molecule has 1 unspecified atom stereocenters. The maximum atomic E-state index is 12.3. The number of benzene rings is 1. The molecule has 124 valence electrons. The number of nitrogens with zero attached hydrogens (tertiary/aromatic N) is 3. The summed E-state index contributed by atoms with van der Waals surface area (Å²) in [4.78, 5) is 34.9. The van der Waals surface area contributed by atoms with E-state index in [1.54, 1.807) is 18.3 Å². The monoisotopic (exact) mass is 335 g/mol. The number of hydrogen-bond donors (Lipinski definition) is 2. The van der Waals surface area contributed by atoms with E-state index in [0.29, 0.717) is 5.56 Å². The molecule has 0 spiro atoms. The van der Waals surface area contributed by atoms with Gasteiger partial charge < -0.3 is 14.8 Å². The minimum atomic E-state index is -0.646. The number of para-hydroxylation sites is 1. The smallest absolute Gasteiger partial charge is 0.260 e. The Morgan fingerprint density at radius 3 is 3.08 bits per heavy atom. The largest absolute Gasteiger partial charge is 0.360 e. The zero-order chi connectivity index (χ0) is 17.2. The Morgan fingerprint density at radius 1 is 1.32 bits per heavy atom. The molecule has 1 aliphatic rings. The van der Waals surface area contributed by atoms with E-state index in [1.165, 1.54) is 6.21 Å². The maximum Gasteiger partial charge on any atom is 0.260 e. The summed E-state index contributed by atoms with van der Waals surface area (Å²) in [6.07, 6.45) is 6.37. The van der Waals surface area contributed by atoms with Crippen molar-refractivity contribution in [2.75, 3.05) is 0 Å². The Kier molecular flexibility index (Phi) is 3.70. The first-order valence-corrected chi connectivity index (χ1v) is 7.64. The number of H-pyrrole nitrogens is 1. The van der Waals surface area contributed by atoms with Crippen LogP contribution in [0.3, 0.4) is 0 Å². The predicted molar refractivity (Wildman–Crippen MR) is 89.1 cm³/mol. The van der Waals surface area contributed by atoms with E-state index >= 15 is 0 Å². The molecule has 1 atom stereocenters. The number of nitrogens with one attached hydrogen (secondary N) is 2. The minimum absolute atomic E-state index is 0.0687. The maximum absolute atomic E-state index is 12.3. The lowest BCUT2D eigenvalue weighted by molar-refractivity contribution is -0.118. The van der Waals surface area contributed by atoms with Crippen molar-refractivity contribution >= 4 is 28.9 Å². The van der Waals surface area contributed by atoms with Crippen LogP contribution in [-0.4, -0.2) is 33.2 Å². The fourth-order valence-electron chi connectivity index (χ4n) is 2.61. The summed E-state index contributed by atoms with van der Waals surface area (Å²) in [7, 11) is 0. The fourth-order valence-corrected chi connectivity index (χ4v) is 2.61. The first-order chi connectivity index (χ1) is 12.2. The number of aromatic amines is 1. The van der Waals surface area contributed by atoms with Crippen LogP contribution < -0.4 is 5.32 Å². The molecule has 0 aliphatic carbocycles. The van der Waals surface area contributed by atoms with Crippen LogP contribution in [-0.2, 0) is 11.3 Å². The highest BCUT2D eigenvalue weighted by Gasteiger charge is 2.24. The molecular formula is C17H13N5O3. The van der Waals surface area contributed by atoms with Crippen molar-refractivity contribution in [3.05, 3.63) is 59.9 Å². The van der Waals surface area contributed by atoms with Gasteiger partial charge in [-0.3, -0.25) is 9.59 Å². The SMILES string of the molecule is O=C(NCc1nc(C2C=CC=NC2=O)no1)c1c[nH]c2ccccc12. The van der Waals surface area contributed by atoms with E-state index in [-0.39, 0.29) is 30.1 Å². The Labute approximate surface area is 141 Å². The third-order valence-corrected chi connectivity index (χ3v) is 3.85. The van der Waals surface area contributed by atoms with Crippen molar-refractivity contribution < 1.29 is 14.1 Å². The second-order valence-electron chi connectivity index (χ2n) is 5.46. The van der Waals surface area contributed by atoms with Crippen LogP contribution in [0.5, 0.6) is 0 Å². The molecule has 2 amide bonds. The van der Waals surface area contributed by atoms with Crippen molar-refractivity contribution in [2.24, 2.45) is 4.99 Å². The number of rotatable bonds is 4. The molecule has 2 aromatic heterocycles. The molecular weight excluding hydrogens is 322 g/mol. The van der Waals surface area contributed by atoms with Crippen LogP contribution in [0, 0.1) is 0 Å². The Morgan fingerprint density at radius 2 is 2.20 bits per heavy atom. The first kappa shape index (κ1) is 15.0. The molecule has 8 heteroatoms. The zero-order valence-corrected chi connectivity index (χ0v) is 13.0. The highest BCUT2D eigenvalue weighted by Crippen LogP contribution is 2.19. The highest BCUT2D eigenvalue weighted by atomic mass is 16.5. The van der Waals surface area contributed by atoms with Crippen LogP contribution in [0.4, 0.5) is 0 Å². The number of aromatic nitrogens is 3. The van der Waals surface area contributed by atoms with Gasteiger partial charge in [-0.05, 0) is 12.1 Å². The Bertz CT molecular complexity index is 1010. The van der Waals surface area contributed by atoms with Gasteiger partial charge in [0.05, 0.1) is 12.1 Å². The molecule has 1 aromatic carbocycles. The van der Waals surface area contributed by atoms with E-state index in [1.807, 2.05) is 24.3 Å². The topological polar surface area (TPSA) is 113 Å². The van der Waals surface area contributed by atoms with Crippen molar-refractivity contribution in [3.8, 4) is 0 Å². The minimum Gasteiger partial charge on any atom is -0.360 e. The van der Waals surface area contributed by atoms with Gasteiger partial charge in [-0.25, -0.2) is 4.99 Å². The van der Waals surface area contributed by atoms with Gasteiger partial charge in [0.15, 0.2) is 5.82 Å². The summed E-state index contributed by atoms with van der Waals surface area (Å²) in [5.41, 5.74) is 1.42. The van der Waals surface area contributed by atoms with Gasteiger partial charge in [0.2, 0.25) is 5.89 Å². The highest BCUT2D eigenvalue weighted by molar-refractivity contribution is 6.06. The lowest BCUT2D eigenvalue weighted by Gasteiger charge is -2.04. The summed E-state index contributed by atoms with van der Waals surface area (Å²) in [5, 5.41) is 7.36. The second-order valence-corrected chi connectivity index (χ2v) is 5.46. The number of allylic oxidation sites excluding steroid dienone is 1. The van der Waals surface area contributed by atoms with Crippen LogP contribution in [0.15, 0.2) is 52.1 Å². The number of hydrogen-bond acceptors (Lipinski definition) is 5. The van der Waals surface area contributed by atoms with Gasteiger partial charge in [-0.15, -0.1) is 0 Å². The van der Waals surface area contributed by atoms with Gasteiger partial charge in [0, 0.05) is 23.3 Å². The van der Waals surface area contributed by atoms with E-state index in [4.69, 9.17) is 4.52 Å². The number of aliphatic imine (C=N–C) groups is 1. The molecule has 0 saturated carbocycles. The molecule has 0 radical (unpaired) electrons. The number of carbonyl (C=O) groups excluding carboxylic acids is 2. The third-order valence-electron chi connectivity index (χ3n) is 3.85. The van der Waals surface area contributed by atoms with Gasteiger partial charge in [-0.2, -0.15) is 4.98 Å². The predicted octanol–water partition coefficient (Wildman–Crippen LogP) is 1.73. The van der Waals surface area contributed by atoms with E-state index in [2.05, 4.69) is 25.4 Å². The number of carbonyl (C=O) groups is 2. The molecule has 3 heterocycles. The molecule has 8 nitrogen and oxygen atoms in total. The second kappa shape index (κ2) is 6.16. The molecule has 2 N–H and O–H groups in total. The van der Waals surface area contributed by atoms with Gasteiger partial charge in [0.25, 0.3) is 11.8 Å². The third kappa shape index (κ3) is 2.85. The van der Waals surface area contributed by atoms with Gasteiger partial charge >= 0.3 is 0 Å². The van der Waals surface area contributed by atoms with Crippen LogP contribution >= 0.6 is 0 Å². The summed E-state index contributed by atoms with van der Waals surface area (Å²) in [6.45, 7) is 0.0687. The van der Waals surface area contributed by atoms with Crippen molar-refractivity contribution in [2.45, 2.75) is 12.5 Å². The number of fused-ring (bicyclic) bond motifs is 1. The Hall–Kier alpha value is -3.55. The van der Waals surface area contributed by atoms with Crippen molar-refractivity contribution in [1.29, 1.82) is 0 Å². The average molecular weight is 335 g/mol. The van der Waals surface area contributed by atoms with E-state index in [0.717, 1.165) is 10.9 Å². The standard InChI is InChI=1S/C17H13N5O3/c23-16-11(5-3-7-18-16)15-21-14(25-22-15)9-20-17(24)12-8-19-13-6-2-1-4-10(12)13/h1-8,11,19H,9H2,(H,20,24). The first-order valence-electron chi connectivity index (χ1n) is 7.64. The zero-order valence-electron chi connectivity index (χ0n) is 13.0. The normalized spacial score (nSPS) is 16.5. The molecule has 25 heavy (non-hydrogen) atoms. The van der Waals surface area contributed by atoms with Crippen LogP contribution in [0.2, 0.25) is 0 Å². The quantitative estimate of drug-likeness (QED) is 0.754. The van der Waals surface area contributed by atoms with Gasteiger partial charge in [0.1, 0.15) is 5.92 Å². The van der Waals surface area contributed by atoms with Crippen LogP contribution in [0.25, 0.3) is 10.9 Å². The van der Waals surface area contributed by atoms with E-state index < -0.39 is 5.92 Å². The number of dihydropyridines is 1. The number of amides is 2. The summed E-state index contributed by atoms with van der Waals surface area (Å²) >= 11 is 0. The van der Waals surface area contributed by atoms with E-state index in [9.17, 15) is 9.59 Å². The molecule has 1 aliphatic heterocycles. The summed E-state index contributed by atoms with van der Waals surface area (Å²) in [5.74, 6) is -0.798.